The minimum absolute atomic E-state index is 0.0365. The molecule has 1 aliphatic heterocycles. The summed E-state index contributed by atoms with van der Waals surface area (Å²) in [7, 11) is -1.59. The molecule has 0 aromatic rings. The Morgan fingerprint density at radius 3 is 2.70 bits per heavy atom. The van der Waals surface area contributed by atoms with Crippen LogP contribution in [0, 0.1) is 0 Å². The Bertz CT molecular complexity index is 353. The van der Waals surface area contributed by atoms with Crippen molar-refractivity contribution in [3.05, 3.63) is 0 Å². The van der Waals surface area contributed by atoms with Gasteiger partial charge in [0, 0.05) is 25.7 Å². The first-order chi connectivity index (χ1) is 9.51. The summed E-state index contributed by atoms with van der Waals surface area (Å²) in [4.78, 5) is 0. The predicted octanol–water partition coefficient (Wildman–Crippen LogP) is 1.60. The van der Waals surface area contributed by atoms with E-state index in [0.29, 0.717) is 25.6 Å². The smallest absolute Gasteiger partial charge is 0.214 e. The highest BCUT2D eigenvalue weighted by molar-refractivity contribution is 7.89. The van der Waals surface area contributed by atoms with Crippen LogP contribution in [0.25, 0.3) is 0 Å². The van der Waals surface area contributed by atoms with E-state index in [1.54, 1.807) is 11.4 Å². The van der Waals surface area contributed by atoms with E-state index >= 15 is 0 Å². The van der Waals surface area contributed by atoms with Crippen molar-refractivity contribution < 1.29 is 13.2 Å². The van der Waals surface area contributed by atoms with Crippen molar-refractivity contribution in [3.8, 4) is 0 Å². The maximum Gasteiger partial charge on any atom is 0.214 e. The molecule has 2 atom stereocenters. The lowest BCUT2D eigenvalue weighted by Crippen LogP contribution is -2.43. The van der Waals surface area contributed by atoms with E-state index in [4.69, 9.17) is 4.74 Å². The molecule has 1 fully saturated rings. The Morgan fingerprint density at radius 1 is 1.40 bits per heavy atom. The zero-order valence-corrected chi connectivity index (χ0v) is 13.9. The molecule has 5 nitrogen and oxygen atoms in total. The van der Waals surface area contributed by atoms with Gasteiger partial charge in [0.05, 0.1) is 12.4 Å². The third-order valence-corrected chi connectivity index (χ3v) is 6.10. The standard InChI is InChI=1S/C14H30N2O3S/c1-4-13(2)16(10-11-19-3)20(17,18)12-8-14-7-5-6-9-15-14/h13-15H,4-12H2,1-3H3. The quantitative estimate of drug-likeness (QED) is 0.703. The number of hydrogen-bond acceptors (Lipinski definition) is 4. The minimum Gasteiger partial charge on any atom is -0.383 e. The summed E-state index contributed by atoms with van der Waals surface area (Å²) in [5.41, 5.74) is 0. The molecule has 0 aromatic heterocycles. The largest absolute Gasteiger partial charge is 0.383 e. The number of rotatable bonds is 9. The van der Waals surface area contributed by atoms with E-state index in [2.05, 4.69) is 5.32 Å². The topological polar surface area (TPSA) is 58.6 Å². The van der Waals surface area contributed by atoms with Gasteiger partial charge in [-0.1, -0.05) is 13.3 Å². The molecular weight excluding hydrogens is 276 g/mol. The molecule has 1 N–H and O–H groups in total. The number of piperidine rings is 1. The van der Waals surface area contributed by atoms with Crippen LogP contribution in [0.15, 0.2) is 0 Å². The van der Waals surface area contributed by atoms with Crippen molar-refractivity contribution in [2.45, 2.75) is 58.0 Å². The predicted molar refractivity (Wildman–Crippen MR) is 82.4 cm³/mol. The van der Waals surface area contributed by atoms with Gasteiger partial charge in [-0.2, -0.15) is 4.31 Å². The molecule has 2 unspecified atom stereocenters. The molecule has 1 aliphatic rings. The Kier molecular flexibility index (Phi) is 8.02. The van der Waals surface area contributed by atoms with Gasteiger partial charge in [0.1, 0.15) is 0 Å². The Hall–Kier alpha value is -0.170. The fourth-order valence-corrected chi connectivity index (χ4v) is 4.46. The van der Waals surface area contributed by atoms with Gasteiger partial charge in [0.25, 0.3) is 0 Å². The SMILES string of the molecule is CCC(C)N(CCOC)S(=O)(=O)CCC1CCCCN1. The van der Waals surface area contributed by atoms with E-state index in [9.17, 15) is 8.42 Å². The third kappa shape index (κ3) is 5.68. The highest BCUT2D eigenvalue weighted by atomic mass is 32.2. The first kappa shape index (κ1) is 17.9. The van der Waals surface area contributed by atoms with E-state index in [1.807, 2.05) is 13.8 Å². The van der Waals surface area contributed by atoms with Crippen molar-refractivity contribution in [3.63, 3.8) is 0 Å². The number of methoxy groups -OCH3 is 1. The van der Waals surface area contributed by atoms with Crippen LogP contribution in [0.4, 0.5) is 0 Å². The van der Waals surface area contributed by atoms with E-state index in [-0.39, 0.29) is 11.8 Å². The lowest BCUT2D eigenvalue weighted by molar-refractivity contribution is 0.167. The summed E-state index contributed by atoms with van der Waals surface area (Å²) in [6.45, 7) is 5.90. The summed E-state index contributed by atoms with van der Waals surface area (Å²) in [5, 5.41) is 3.41. The van der Waals surface area contributed by atoms with Gasteiger partial charge in [-0.05, 0) is 39.2 Å². The Labute approximate surface area is 124 Å². The molecule has 0 saturated carbocycles. The van der Waals surface area contributed by atoms with Crippen LogP contribution in [0.1, 0.15) is 46.0 Å². The van der Waals surface area contributed by atoms with Crippen LogP contribution in [-0.2, 0) is 14.8 Å². The Balaban J connectivity index is 2.56. The van der Waals surface area contributed by atoms with Gasteiger partial charge in [0.15, 0.2) is 0 Å². The summed E-state index contributed by atoms with van der Waals surface area (Å²) < 4.78 is 31.7. The van der Waals surface area contributed by atoms with Gasteiger partial charge >= 0.3 is 0 Å². The van der Waals surface area contributed by atoms with Gasteiger partial charge in [-0.25, -0.2) is 8.42 Å². The normalized spacial score (nSPS) is 22.1. The zero-order valence-electron chi connectivity index (χ0n) is 13.1. The fourth-order valence-electron chi connectivity index (χ4n) is 2.60. The summed E-state index contributed by atoms with van der Waals surface area (Å²) in [6.07, 6.45) is 5.04. The second-order valence-electron chi connectivity index (χ2n) is 5.61. The number of hydrogen-bond donors (Lipinski definition) is 1. The van der Waals surface area contributed by atoms with Crippen LogP contribution in [0.5, 0.6) is 0 Å². The summed E-state index contributed by atoms with van der Waals surface area (Å²) in [6, 6.07) is 0.397. The van der Waals surface area contributed by atoms with Crippen molar-refractivity contribution in [1.29, 1.82) is 0 Å². The van der Waals surface area contributed by atoms with Gasteiger partial charge in [-0.3, -0.25) is 0 Å². The number of sulfonamides is 1. The average Bonchev–Trinajstić information content (AvgIpc) is 2.46. The average molecular weight is 306 g/mol. The number of nitrogens with zero attached hydrogens (tertiary/aromatic N) is 1. The van der Waals surface area contributed by atoms with Crippen LogP contribution in [-0.4, -0.2) is 57.4 Å². The third-order valence-electron chi connectivity index (χ3n) is 4.09. The number of nitrogens with one attached hydrogen (secondary N) is 1. The monoisotopic (exact) mass is 306 g/mol. The van der Waals surface area contributed by atoms with Crippen LogP contribution >= 0.6 is 0 Å². The van der Waals surface area contributed by atoms with E-state index in [0.717, 1.165) is 19.4 Å². The molecule has 1 saturated heterocycles. The lowest BCUT2D eigenvalue weighted by Gasteiger charge is -2.29. The molecule has 0 radical (unpaired) electrons. The minimum atomic E-state index is -3.19. The molecule has 120 valence electrons. The maximum atomic E-state index is 12.5. The number of ether oxygens (including phenoxy) is 1. The van der Waals surface area contributed by atoms with Crippen LogP contribution in [0.3, 0.4) is 0 Å². The van der Waals surface area contributed by atoms with Crippen LogP contribution in [0.2, 0.25) is 0 Å². The Morgan fingerprint density at radius 2 is 2.15 bits per heavy atom. The first-order valence-corrected chi connectivity index (χ1v) is 9.34. The summed E-state index contributed by atoms with van der Waals surface area (Å²) in [5.74, 6) is 0.235. The second-order valence-corrected chi connectivity index (χ2v) is 7.65. The van der Waals surface area contributed by atoms with Gasteiger partial charge in [0.2, 0.25) is 10.0 Å². The summed E-state index contributed by atoms with van der Waals surface area (Å²) >= 11 is 0. The molecular formula is C14H30N2O3S. The molecule has 0 spiro atoms. The van der Waals surface area contributed by atoms with Crippen molar-refractivity contribution in [2.75, 3.05) is 32.6 Å². The van der Waals surface area contributed by atoms with E-state index in [1.165, 1.54) is 12.8 Å². The second kappa shape index (κ2) is 8.97. The van der Waals surface area contributed by atoms with Crippen molar-refractivity contribution in [2.24, 2.45) is 0 Å². The molecule has 1 heterocycles. The lowest BCUT2D eigenvalue weighted by atomic mass is 10.0. The molecule has 0 amide bonds. The zero-order chi connectivity index (χ0) is 15.0. The van der Waals surface area contributed by atoms with Crippen LogP contribution < -0.4 is 5.32 Å². The molecule has 0 aliphatic carbocycles. The molecule has 0 aromatic carbocycles. The molecule has 0 bridgehead atoms. The van der Waals surface area contributed by atoms with Crippen molar-refractivity contribution >= 4 is 10.0 Å². The van der Waals surface area contributed by atoms with Gasteiger partial charge in [-0.15, -0.1) is 0 Å². The highest BCUT2D eigenvalue weighted by Crippen LogP contribution is 2.15. The highest BCUT2D eigenvalue weighted by Gasteiger charge is 2.27. The maximum absolute atomic E-state index is 12.5. The van der Waals surface area contributed by atoms with Crippen molar-refractivity contribution in [1.82, 2.24) is 9.62 Å². The molecule has 6 heteroatoms. The first-order valence-electron chi connectivity index (χ1n) is 7.73. The molecule has 20 heavy (non-hydrogen) atoms. The molecule has 1 rings (SSSR count). The van der Waals surface area contributed by atoms with E-state index < -0.39 is 10.0 Å². The van der Waals surface area contributed by atoms with Gasteiger partial charge < -0.3 is 10.1 Å². The fraction of sp³-hybridized carbons (Fsp3) is 1.00.